The molecule has 1 unspecified atom stereocenters. The minimum Gasteiger partial charge on any atom is -0.306 e. The molecule has 0 bridgehead atoms. The lowest BCUT2D eigenvalue weighted by molar-refractivity contribution is 0.112. The Hall–Kier alpha value is -1.75. The first-order chi connectivity index (χ1) is 8.29. The minimum atomic E-state index is 0.414. The van der Waals surface area contributed by atoms with Gasteiger partial charge in [0.2, 0.25) is 0 Å². The van der Waals surface area contributed by atoms with Crippen LogP contribution in [0.15, 0.2) is 18.3 Å². The number of rotatable bonds is 2. The minimum absolute atomic E-state index is 0.414. The highest BCUT2D eigenvalue weighted by Crippen LogP contribution is 2.25. The van der Waals surface area contributed by atoms with Gasteiger partial charge in [0.15, 0.2) is 11.9 Å². The third kappa shape index (κ3) is 1.63. The van der Waals surface area contributed by atoms with Crippen molar-refractivity contribution in [2.75, 3.05) is 20.1 Å². The summed E-state index contributed by atoms with van der Waals surface area (Å²) in [6, 6.07) is 3.63. The lowest BCUT2D eigenvalue weighted by Gasteiger charge is -2.08. The van der Waals surface area contributed by atoms with Gasteiger partial charge in [-0.3, -0.25) is 9.20 Å². The number of aromatic nitrogens is 3. The van der Waals surface area contributed by atoms with Gasteiger partial charge < -0.3 is 4.90 Å². The Bertz CT molecular complexity index is 563. The van der Waals surface area contributed by atoms with Gasteiger partial charge in [0.1, 0.15) is 5.82 Å². The molecule has 3 rings (SSSR count). The number of carbonyl (C=O) groups is 1. The number of carbonyl (C=O) groups excluding carboxylic acids is 1. The van der Waals surface area contributed by atoms with Gasteiger partial charge in [0, 0.05) is 18.7 Å². The maximum atomic E-state index is 10.9. The van der Waals surface area contributed by atoms with Crippen LogP contribution in [0, 0.1) is 0 Å². The number of likely N-dealkylation sites (tertiary alicyclic amines) is 1. The smallest absolute Gasteiger partial charge is 0.171 e. The van der Waals surface area contributed by atoms with E-state index in [4.69, 9.17) is 0 Å². The topological polar surface area (TPSA) is 50.5 Å². The first-order valence-corrected chi connectivity index (χ1v) is 5.77. The third-order valence-electron chi connectivity index (χ3n) is 3.37. The van der Waals surface area contributed by atoms with Crippen LogP contribution in [0.3, 0.4) is 0 Å². The van der Waals surface area contributed by atoms with Gasteiger partial charge in [-0.1, -0.05) is 0 Å². The Balaban J connectivity index is 2.09. The predicted molar refractivity (Wildman–Crippen MR) is 63.2 cm³/mol. The summed E-state index contributed by atoms with van der Waals surface area (Å²) in [5.74, 6) is 1.38. The van der Waals surface area contributed by atoms with Crippen molar-refractivity contribution in [2.24, 2.45) is 0 Å². The molecule has 0 aliphatic carbocycles. The Morgan fingerprint density at radius 1 is 1.47 bits per heavy atom. The van der Waals surface area contributed by atoms with E-state index >= 15 is 0 Å². The molecular formula is C12H14N4O. The summed E-state index contributed by atoms with van der Waals surface area (Å²) in [5, 5.41) is 8.37. The van der Waals surface area contributed by atoms with Crippen LogP contribution in [0.2, 0.25) is 0 Å². The summed E-state index contributed by atoms with van der Waals surface area (Å²) in [7, 11) is 2.11. The summed E-state index contributed by atoms with van der Waals surface area (Å²) in [4.78, 5) is 13.2. The van der Waals surface area contributed by atoms with Gasteiger partial charge in [-0.05, 0) is 32.1 Å². The van der Waals surface area contributed by atoms with Crippen molar-refractivity contribution in [1.29, 1.82) is 0 Å². The molecule has 0 radical (unpaired) electrons. The van der Waals surface area contributed by atoms with Gasteiger partial charge in [0.05, 0.1) is 5.56 Å². The molecule has 0 spiro atoms. The maximum Gasteiger partial charge on any atom is 0.171 e. The number of pyridine rings is 1. The Kier molecular flexibility index (Phi) is 2.40. The van der Waals surface area contributed by atoms with E-state index in [0.29, 0.717) is 17.1 Å². The van der Waals surface area contributed by atoms with Gasteiger partial charge >= 0.3 is 0 Å². The third-order valence-corrected chi connectivity index (χ3v) is 3.37. The first-order valence-electron chi connectivity index (χ1n) is 5.77. The number of likely N-dealkylation sites (N-methyl/N-ethyl adjacent to an activating group) is 1. The van der Waals surface area contributed by atoms with Crippen LogP contribution in [0.25, 0.3) is 5.65 Å². The van der Waals surface area contributed by atoms with Crippen LogP contribution in [-0.2, 0) is 0 Å². The van der Waals surface area contributed by atoms with Crippen LogP contribution < -0.4 is 0 Å². The van der Waals surface area contributed by atoms with Crippen LogP contribution in [-0.4, -0.2) is 45.9 Å². The van der Waals surface area contributed by atoms with E-state index in [1.807, 2.05) is 16.7 Å². The number of hydrogen-bond acceptors (Lipinski definition) is 4. The molecule has 1 fully saturated rings. The molecule has 88 valence electrons. The molecule has 0 saturated carbocycles. The fourth-order valence-electron chi connectivity index (χ4n) is 2.47. The highest BCUT2D eigenvalue weighted by molar-refractivity contribution is 5.83. The average molecular weight is 230 g/mol. The summed E-state index contributed by atoms with van der Waals surface area (Å²) in [6.45, 7) is 2.10. The molecule has 2 aromatic heterocycles. The fourth-order valence-corrected chi connectivity index (χ4v) is 2.47. The molecule has 2 aromatic rings. The van der Waals surface area contributed by atoms with E-state index in [2.05, 4.69) is 22.1 Å². The van der Waals surface area contributed by atoms with Gasteiger partial charge in [-0.15, -0.1) is 10.2 Å². The number of aldehydes is 1. The monoisotopic (exact) mass is 230 g/mol. The molecule has 1 aliphatic rings. The largest absolute Gasteiger partial charge is 0.306 e. The van der Waals surface area contributed by atoms with E-state index in [1.54, 1.807) is 6.07 Å². The Labute approximate surface area is 99.1 Å². The number of fused-ring (bicyclic) bond motifs is 1. The Morgan fingerprint density at radius 2 is 2.35 bits per heavy atom. The van der Waals surface area contributed by atoms with Crippen molar-refractivity contribution in [3.63, 3.8) is 0 Å². The molecule has 5 heteroatoms. The van der Waals surface area contributed by atoms with Crippen molar-refractivity contribution in [3.05, 3.63) is 29.7 Å². The standard InChI is InChI=1S/C12H14N4O/c1-15-6-4-9(7-15)11-13-14-12-10(8-17)3-2-5-16(11)12/h2-3,5,8-9H,4,6-7H2,1H3. The molecule has 1 atom stereocenters. The van der Waals surface area contributed by atoms with Crippen molar-refractivity contribution < 1.29 is 4.79 Å². The maximum absolute atomic E-state index is 10.9. The summed E-state index contributed by atoms with van der Waals surface area (Å²) < 4.78 is 1.94. The SMILES string of the molecule is CN1CCC(c2nnc3c(C=O)cccn23)C1. The molecule has 17 heavy (non-hydrogen) atoms. The lowest BCUT2D eigenvalue weighted by Crippen LogP contribution is -2.14. The fraction of sp³-hybridized carbons (Fsp3) is 0.417. The highest BCUT2D eigenvalue weighted by atomic mass is 16.1. The van der Waals surface area contributed by atoms with Crippen LogP contribution in [0.1, 0.15) is 28.5 Å². The van der Waals surface area contributed by atoms with E-state index in [-0.39, 0.29) is 0 Å². The van der Waals surface area contributed by atoms with Crippen molar-refractivity contribution >= 4 is 11.9 Å². The normalized spacial score (nSPS) is 21.1. The highest BCUT2D eigenvalue weighted by Gasteiger charge is 2.25. The summed E-state index contributed by atoms with van der Waals surface area (Å²) in [5.41, 5.74) is 1.25. The molecule has 5 nitrogen and oxygen atoms in total. The zero-order valence-corrected chi connectivity index (χ0v) is 9.71. The molecule has 3 heterocycles. The van der Waals surface area contributed by atoms with Crippen LogP contribution in [0.5, 0.6) is 0 Å². The first kappa shape index (κ1) is 10.4. The molecule has 0 amide bonds. The van der Waals surface area contributed by atoms with Crippen molar-refractivity contribution in [1.82, 2.24) is 19.5 Å². The van der Waals surface area contributed by atoms with Crippen molar-refractivity contribution in [2.45, 2.75) is 12.3 Å². The van der Waals surface area contributed by atoms with Crippen LogP contribution in [0.4, 0.5) is 0 Å². The van der Waals surface area contributed by atoms with E-state index in [1.165, 1.54) is 0 Å². The van der Waals surface area contributed by atoms with Gasteiger partial charge in [-0.25, -0.2) is 0 Å². The molecule has 0 N–H and O–H groups in total. The molecule has 1 saturated heterocycles. The number of hydrogen-bond donors (Lipinski definition) is 0. The molecule has 0 aromatic carbocycles. The number of nitrogens with zero attached hydrogens (tertiary/aromatic N) is 4. The molecule has 1 aliphatic heterocycles. The van der Waals surface area contributed by atoms with Crippen molar-refractivity contribution in [3.8, 4) is 0 Å². The second-order valence-electron chi connectivity index (χ2n) is 4.58. The second kappa shape index (κ2) is 3.92. The van der Waals surface area contributed by atoms with E-state index in [9.17, 15) is 4.79 Å². The lowest BCUT2D eigenvalue weighted by atomic mass is 10.1. The Morgan fingerprint density at radius 3 is 3.06 bits per heavy atom. The van der Waals surface area contributed by atoms with Crippen LogP contribution >= 0.6 is 0 Å². The average Bonchev–Trinajstić information content (AvgIpc) is 2.94. The quantitative estimate of drug-likeness (QED) is 0.721. The zero-order chi connectivity index (χ0) is 11.8. The molecular weight excluding hydrogens is 216 g/mol. The zero-order valence-electron chi connectivity index (χ0n) is 9.71. The summed E-state index contributed by atoms with van der Waals surface area (Å²) >= 11 is 0. The second-order valence-corrected chi connectivity index (χ2v) is 4.58. The predicted octanol–water partition coefficient (Wildman–Crippen LogP) is 0.961. The summed E-state index contributed by atoms with van der Waals surface area (Å²) in [6.07, 6.45) is 3.85. The van der Waals surface area contributed by atoms with E-state index in [0.717, 1.165) is 31.6 Å². The van der Waals surface area contributed by atoms with Gasteiger partial charge in [-0.2, -0.15) is 0 Å². The van der Waals surface area contributed by atoms with Gasteiger partial charge in [0.25, 0.3) is 0 Å². The van der Waals surface area contributed by atoms with E-state index < -0.39 is 0 Å².